The molecule has 1 aliphatic rings. The molecular formula is C30H33N7O3. The first-order chi connectivity index (χ1) is 19.3. The van der Waals surface area contributed by atoms with E-state index in [0.29, 0.717) is 28.8 Å². The number of nitrogens with one attached hydrogen (secondary N) is 2. The Balaban J connectivity index is 1.51. The third-order valence-corrected chi connectivity index (χ3v) is 7.05. The SMILES string of the molecule is C=CC(=O)Nc1cc(Nc2nccc(-c3cn4c5c(cccc35)CCC4)n2)c(OC)cc1N(C)CC(=O)N(C)C. The van der Waals surface area contributed by atoms with Gasteiger partial charge in [-0.3, -0.25) is 9.59 Å². The number of hydrogen-bond acceptors (Lipinski definition) is 7. The number of amides is 2. The molecule has 0 saturated heterocycles. The molecule has 0 aliphatic carbocycles. The Kier molecular flexibility index (Phi) is 7.41. The fourth-order valence-corrected chi connectivity index (χ4v) is 5.01. The van der Waals surface area contributed by atoms with E-state index < -0.39 is 0 Å². The fourth-order valence-electron chi connectivity index (χ4n) is 5.01. The molecule has 4 aromatic rings. The van der Waals surface area contributed by atoms with Crippen molar-refractivity contribution in [3.63, 3.8) is 0 Å². The van der Waals surface area contributed by atoms with Crippen molar-refractivity contribution in [1.82, 2.24) is 19.4 Å². The molecule has 1 aliphatic heterocycles. The second-order valence-corrected chi connectivity index (χ2v) is 9.95. The number of aryl methyl sites for hydroxylation is 2. The van der Waals surface area contributed by atoms with Crippen LogP contribution < -0.4 is 20.3 Å². The van der Waals surface area contributed by atoms with Crippen LogP contribution in [0.5, 0.6) is 5.75 Å². The van der Waals surface area contributed by atoms with Gasteiger partial charge in [0.05, 0.1) is 41.9 Å². The monoisotopic (exact) mass is 539 g/mol. The normalized spacial score (nSPS) is 12.1. The number of para-hydroxylation sites is 1. The van der Waals surface area contributed by atoms with Gasteiger partial charge in [-0.25, -0.2) is 9.97 Å². The lowest BCUT2D eigenvalue weighted by atomic mass is 10.0. The fraction of sp³-hybridized carbons (Fsp3) is 0.267. The summed E-state index contributed by atoms with van der Waals surface area (Å²) < 4.78 is 7.99. The average molecular weight is 540 g/mol. The van der Waals surface area contributed by atoms with Crippen molar-refractivity contribution >= 4 is 45.7 Å². The molecule has 0 spiro atoms. The summed E-state index contributed by atoms with van der Waals surface area (Å²) in [6.45, 7) is 4.65. The number of anilines is 4. The maximum atomic E-state index is 12.4. The predicted octanol–water partition coefficient (Wildman–Crippen LogP) is 4.45. The minimum absolute atomic E-state index is 0.0845. The molecule has 2 N–H and O–H groups in total. The van der Waals surface area contributed by atoms with Crippen LogP contribution in [-0.4, -0.2) is 66.0 Å². The summed E-state index contributed by atoms with van der Waals surface area (Å²) in [6, 6.07) is 11.8. The van der Waals surface area contributed by atoms with Gasteiger partial charge < -0.3 is 29.7 Å². The maximum absolute atomic E-state index is 12.4. The molecule has 206 valence electrons. The minimum atomic E-state index is -0.379. The lowest BCUT2D eigenvalue weighted by Crippen LogP contribution is -2.34. The first kappa shape index (κ1) is 26.7. The molecule has 0 radical (unpaired) electrons. The minimum Gasteiger partial charge on any atom is -0.494 e. The average Bonchev–Trinajstić information content (AvgIpc) is 3.33. The Morgan fingerprint density at radius 2 is 2.00 bits per heavy atom. The zero-order chi connectivity index (χ0) is 28.4. The van der Waals surface area contributed by atoms with E-state index in [1.54, 1.807) is 51.5 Å². The van der Waals surface area contributed by atoms with Crippen molar-refractivity contribution in [3.05, 3.63) is 67.0 Å². The highest BCUT2D eigenvalue weighted by Gasteiger charge is 2.20. The summed E-state index contributed by atoms with van der Waals surface area (Å²) >= 11 is 0. The number of rotatable bonds is 9. The number of hydrogen-bond donors (Lipinski definition) is 2. The second-order valence-electron chi connectivity index (χ2n) is 9.95. The van der Waals surface area contributed by atoms with Crippen molar-refractivity contribution in [3.8, 4) is 17.0 Å². The Morgan fingerprint density at radius 3 is 2.75 bits per heavy atom. The van der Waals surface area contributed by atoms with E-state index in [1.807, 2.05) is 6.07 Å². The van der Waals surface area contributed by atoms with Crippen LogP contribution in [0.1, 0.15) is 12.0 Å². The number of methoxy groups -OCH3 is 1. The van der Waals surface area contributed by atoms with Gasteiger partial charge in [0, 0.05) is 57.1 Å². The van der Waals surface area contributed by atoms with Crippen molar-refractivity contribution in [2.45, 2.75) is 19.4 Å². The smallest absolute Gasteiger partial charge is 0.247 e. The van der Waals surface area contributed by atoms with Gasteiger partial charge in [-0.15, -0.1) is 0 Å². The molecule has 3 heterocycles. The van der Waals surface area contributed by atoms with Crippen LogP contribution in [0.15, 0.2) is 61.4 Å². The van der Waals surface area contributed by atoms with E-state index in [4.69, 9.17) is 9.72 Å². The van der Waals surface area contributed by atoms with Crippen molar-refractivity contribution in [2.24, 2.45) is 0 Å². The van der Waals surface area contributed by atoms with Crippen LogP contribution in [0.25, 0.3) is 22.2 Å². The number of likely N-dealkylation sites (N-methyl/N-ethyl adjacent to an activating group) is 2. The standard InChI is InChI=1S/C30H33N7O3/c1-6-27(38)32-23-15-24(26(40-5)16-25(23)36(4)18-28(39)35(2)3)34-30-31-13-12-22(33-30)21-17-37-14-8-10-19-9-7-11-20(21)29(19)37/h6-7,9,11-13,15-17H,1,8,10,14,18H2,2-5H3,(H,32,38)(H,31,33,34). The summed E-state index contributed by atoms with van der Waals surface area (Å²) in [5.41, 5.74) is 6.13. The molecule has 2 amide bonds. The number of carbonyl (C=O) groups is 2. The second kappa shape index (κ2) is 11.1. The van der Waals surface area contributed by atoms with E-state index in [2.05, 4.69) is 51.2 Å². The maximum Gasteiger partial charge on any atom is 0.247 e. The summed E-state index contributed by atoms with van der Waals surface area (Å²) in [5.74, 6) is 0.416. The molecule has 0 saturated carbocycles. The quantitative estimate of drug-likeness (QED) is 0.303. The zero-order valence-electron chi connectivity index (χ0n) is 23.2. The van der Waals surface area contributed by atoms with Gasteiger partial charge in [0.1, 0.15) is 5.75 Å². The lowest BCUT2D eigenvalue weighted by molar-refractivity contribution is -0.127. The Bertz CT molecular complexity index is 1610. The number of nitrogens with zero attached hydrogens (tertiary/aromatic N) is 5. The third-order valence-electron chi connectivity index (χ3n) is 7.05. The van der Waals surface area contributed by atoms with Gasteiger partial charge >= 0.3 is 0 Å². The van der Waals surface area contributed by atoms with Gasteiger partial charge in [-0.05, 0) is 36.6 Å². The lowest BCUT2D eigenvalue weighted by Gasteiger charge is -2.25. The van der Waals surface area contributed by atoms with Gasteiger partial charge in [0.25, 0.3) is 0 Å². The van der Waals surface area contributed by atoms with Crippen molar-refractivity contribution in [2.75, 3.05) is 50.3 Å². The molecule has 0 unspecified atom stereocenters. The van der Waals surface area contributed by atoms with E-state index in [1.165, 1.54) is 27.4 Å². The largest absolute Gasteiger partial charge is 0.494 e. The van der Waals surface area contributed by atoms with E-state index in [-0.39, 0.29) is 18.4 Å². The first-order valence-corrected chi connectivity index (χ1v) is 13.1. The number of aromatic nitrogens is 3. The van der Waals surface area contributed by atoms with E-state index in [0.717, 1.165) is 30.6 Å². The van der Waals surface area contributed by atoms with Gasteiger partial charge in [-0.1, -0.05) is 24.8 Å². The van der Waals surface area contributed by atoms with Crippen molar-refractivity contribution < 1.29 is 14.3 Å². The Hall–Kier alpha value is -4.86. The predicted molar refractivity (Wildman–Crippen MR) is 158 cm³/mol. The molecule has 2 aromatic heterocycles. The Morgan fingerprint density at radius 1 is 1.18 bits per heavy atom. The van der Waals surface area contributed by atoms with Crippen molar-refractivity contribution in [1.29, 1.82) is 0 Å². The number of ether oxygens (including phenoxy) is 1. The van der Waals surface area contributed by atoms with Crippen LogP contribution in [0, 0.1) is 0 Å². The molecule has 0 atom stereocenters. The summed E-state index contributed by atoms with van der Waals surface area (Å²) in [6.07, 6.45) is 7.28. The van der Waals surface area contributed by atoms with Crippen LogP contribution >= 0.6 is 0 Å². The highest BCUT2D eigenvalue weighted by molar-refractivity contribution is 6.02. The summed E-state index contributed by atoms with van der Waals surface area (Å²) in [4.78, 5) is 37.2. The molecule has 0 fully saturated rings. The van der Waals surface area contributed by atoms with Crippen LogP contribution in [0.4, 0.5) is 23.0 Å². The summed E-state index contributed by atoms with van der Waals surface area (Å²) in [5, 5.41) is 7.27. The highest BCUT2D eigenvalue weighted by Crippen LogP contribution is 2.39. The molecule has 40 heavy (non-hydrogen) atoms. The van der Waals surface area contributed by atoms with Crippen LogP contribution in [0.2, 0.25) is 0 Å². The topological polar surface area (TPSA) is 105 Å². The molecular weight excluding hydrogens is 506 g/mol. The molecule has 0 bridgehead atoms. The summed E-state index contributed by atoms with van der Waals surface area (Å²) in [7, 11) is 6.73. The van der Waals surface area contributed by atoms with Crippen LogP contribution in [-0.2, 0) is 22.6 Å². The number of carbonyl (C=O) groups excluding carboxylic acids is 2. The zero-order valence-corrected chi connectivity index (χ0v) is 23.2. The van der Waals surface area contributed by atoms with Gasteiger partial charge in [0.15, 0.2) is 0 Å². The van der Waals surface area contributed by atoms with Gasteiger partial charge in [-0.2, -0.15) is 0 Å². The number of benzene rings is 2. The highest BCUT2D eigenvalue weighted by atomic mass is 16.5. The first-order valence-electron chi connectivity index (χ1n) is 13.1. The molecule has 2 aromatic carbocycles. The molecule has 5 rings (SSSR count). The molecule has 10 nitrogen and oxygen atoms in total. The van der Waals surface area contributed by atoms with E-state index >= 15 is 0 Å². The van der Waals surface area contributed by atoms with Crippen LogP contribution in [0.3, 0.4) is 0 Å². The van der Waals surface area contributed by atoms with Gasteiger partial charge in [0.2, 0.25) is 17.8 Å². The third kappa shape index (κ3) is 5.20. The molecule has 10 heteroatoms. The van der Waals surface area contributed by atoms with E-state index in [9.17, 15) is 9.59 Å². The Labute approximate surface area is 233 Å².